The van der Waals surface area contributed by atoms with Gasteiger partial charge >= 0.3 is 0 Å². The summed E-state index contributed by atoms with van der Waals surface area (Å²) in [5, 5.41) is 9.50. The topological polar surface area (TPSA) is 49.2 Å². The van der Waals surface area contributed by atoms with E-state index in [2.05, 4.69) is 14.9 Å². The maximum absolute atomic E-state index is 9.50. The van der Waals surface area contributed by atoms with Crippen LogP contribution in [0.3, 0.4) is 0 Å². The molecule has 2 rings (SSSR count). The summed E-state index contributed by atoms with van der Waals surface area (Å²) in [4.78, 5) is 10.8. The fourth-order valence-electron chi connectivity index (χ4n) is 1.95. The number of rotatable bonds is 2. The highest BCUT2D eigenvalue weighted by atomic mass is 16.3. The molecule has 1 aliphatic rings. The van der Waals surface area contributed by atoms with Crippen molar-refractivity contribution >= 4 is 5.95 Å². The molecule has 2 heterocycles. The number of aryl methyl sites for hydroxylation is 1. The fraction of sp³-hybridized carbons (Fsp3) is 0.636. The number of aliphatic hydroxyl groups excluding tert-OH is 1. The first kappa shape index (κ1) is 10.4. The third-order valence-electron chi connectivity index (χ3n) is 2.97. The zero-order chi connectivity index (χ0) is 10.8. The minimum atomic E-state index is -0.236. The van der Waals surface area contributed by atoms with Crippen molar-refractivity contribution in [1.29, 1.82) is 0 Å². The van der Waals surface area contributed by atoms with Crippen LogP contribution in [-0.2, 0) is 0 Å². The molecule has 1 N–H and O–H groups in total. The number of hydrogen-bond donors (Lipinski definition) is 1. The number of aliphatic hydroxyl groups is 1. The Morgan fingerprint density at radius 1 is 1.60 bits per heavy atom. The molecule has 1 saturated heterocycles. The predicted octanol–water partition coefficient (Wildman–Crippen LogP) is 0.992. The summed E-state index contributed by atoms with van der Waals surface area (Å²) in [7, 11) is 0. The molecular weight excluding hydrogens is 190 g/mol. The largest absolute Gasteiger partial charge is 0.393 e. The molecule has 1 aromatic heterocycles. The molecule has 0 bridgehead atoms. The number of anilines is 1. The third kappa shape index (κ3) is 2.26. The lowest BCUT2D eigenvalue weighted by atomic mass is 10.0. The molecule has 2 unspecified atom stereocenters. The lowest BCUT2D eigenvalue weighted by molar-refractivity contribution is 0.136. The van der Waals surface area contributed by atoms with E-state index in [1.54, 1.807) is 6.20 Å². The summed E-state index contributed by atoms with van der Waals surface area (Å²) >= 11 is 0. The molecular formula is C11H17N3O. The van der Waals surface area contributed by atoms with Gasteiger partial charge in [0, 0.05) is 30.9 Å². The van der Waals surface area contributed by atoms with E-state index < -0.39 is 0 Å². The molecule has 1 aromatic rings. The van der Waals surface area contributed by atoms with Gasteiger partial charge in [0.05, 0.1) is 6.10 Å². The molecule has 15 heavy (non-hydrogen) atoms. The SMILES string of the molecule is Cc1ccnc(N2CCC(C(C)O)C2)n1. The van der Waals surface area contributed by atoms with Crippen molar-refractivity contribution in [2.75, 3.05) is 18.0 Å². The zero-order valence-corrected chi connectivity index (χ0v) is 9.22. The second-order valence-electron chi connectivity index (χ2n) is 4.23. The van der Waals surface area contributed by atoms with Crippen LogP contribution in [0.2, 0.25) is 0 Å². The van der Waals surface area contributed by atoms with Crippen molar-refractivity contribution in [1.82, 2.24) is 9.97 Å². The normalized spacial score (nSPS) is 23.1. The van der Waals surface area contributed by atoms with Crippen LogP contribution in [0.5, 0.6) is 0 Å². The van der Waals surface area contributed by atoms with Crippen LogP contribution in [0, 0.1) is 12.8 Å². The van der Waals surface area contributed by atoms with Gasteiger partial charge in [-0.2, -0.15) is 0 Å². The van der Waals surface area contributed by atoms with Crippen molar-refractivity contribution in [2.24, 2.45) is 5.92 Å². The molecule has 1 fully saturated rings. The van der Waals surface area contributed by atoms with Gasteiger partial charge in [0.1, 0.15) is 0 Å². The Balaban J connectivity index is 2.08. The third-order valence-corrected chi connectivity index (χ3v) is 2.97. The molecule has 0 saturated carbocycles. The maximum atomic E-state index is 9.50. The van der Waals surface area contributed by atoms with E-state index in [-0.39, 0.29) is 6.10 Å². The second-order valence-corrected chi connectivity index (χ2v) is 4.23. The monoisotopic (exact) mass is 207 g/mol. The molecule has 1 aliphatic heterocycles. The standard InChI is InChI=1S/C11H17N3O/c1-8-3-5-12-11(13-8)14-6-4-10(7-14)9(2)15/h3,5,9-10,15H,4,6-7H2,1-2H3. The van der Waals surface area contributed by atoms with Gasteiger partial charge < -0.3 is 10.0 Å². The molecule has 0 aliphatic carbocycles. The van der Waals surface area contributed by atoms with Crippen LogP contribution in [-0.4, -0.2) is 34.3 Å². The van der Waals surface area contributed by atoms with Crippen LogP contribution in [0.25, 0.3) is 0 Å². The smallest absolute Gasteiger partial charge is 0.225 e. The van der Waals surface area contributed by atoms with Gasteiger partial charge in [-0.3, -0.25) is 0 Å². The average molecular weight is 207 g/mol. The summed E-state index contributed by atoms with van der Waals surface area (Å²) in [6.45, 7) is 5.62. The van der Waals surface area contributed by atoms with Crippen molar-refractivity contribution in [3.8, 4) is 0 Å². The Morgan fingerprint density at radius 3 is 3.00 bits per heavy atom. The lowest BCUT2D eigenvalue weighted by Crippen LogP contribution is -2.25. The molecule has 4 heteroatoms. The molecule has 82 valence electrons. The van der Waals surface area contributed by atoms with Gasteiger partial charge in [0.2, 0.25) is 5.95 Å². The van der Waals surface area contributed by atoms with E-state index in [1.165, 1.54) is 0 Å². The Kier molecular flexibility index (Phi) is 2.86. The van der Waals surface area contributed by atoms with Crippen molar-refractivity contribution < 1.29 is 5.11 Å². The summed E-state index contributed by atoms with van der Waals surface area (Å²) < 4.78 is 0. The fourth-order valence-corrected chi connectivity index (χ4v) is 1.95. The van der Waals surface area contributed by atoms with Crippen molar-refractivity contribution in [3.05, 3.63) is 18.0 Å². The first-order valence-corrected chi connectivity index (χ1v) is 5.39. The minimum Gasteiger partial charge on any atom is -0.393 e. The number of hydrogen-bond acceptors (Lipinski definition) is 4. The number of aromatic nitrogens is 2. The molecule has 4 nitrogen and oxygen atoms in total. The summed E-state index contributed by atoms with van der Waals surface area (Å²) in [6, 6.07) is 1.89. The highest BCUT2D eigenvalue weighted by Crippen LogP contribution is 2.22. The summed E-state index contributed by atoms with van der Waals surface area (Å²) in [5.74, 6) is 1.15. The molecule has 2 atom stereocenters. The average Bonchev–Trinajstić information content (AvgIpc) is 2.66. The number of nitrogens with zero attached hydrogens (tertiary/aromatic N) is 3. The van der Waals surface area contributed by atoms with E-state index in [4.69, 9.17) is 0 Å². The summed E-state index contributed by atoms with van der Waals surface area (Å²) in [6.07, 6.45) is 2.57. The van der Waals surface area contributed by atoms with E-state index in [0.29, 0.717) is 5.92 Å². The van der Waals surface area contributed by atoms with Gasteiger partial charge in [-0.25, -0.2) is 9.97 Å². The van der Waals surface area contributed by atoms with Gasteiger partial charge in [-0.05, 0) is 26.3 Å². The zero-order valence-electron chi connectivity index (χ0n) is 9.22. The first-order valence-electron chi connectivity index (χ1n) is 5.39. The van der Waals surface area contributed by atoms with E-state index >= 15 is 0 Å². The highest BCUT2D eigenvalue weighted by molar-refractivity contribution is 5.31. The van der Waals surface area contributed by atoms with Crippen LogP contribution in [0.4, 0.5) is 5.95 Å². The summed E-state index contributed by atoms with van der Waals surface area (Å²) in [5.41, 5.74) is 0.987. The van der Waals surface area contributed by atoms with Gasteiger partial charge in [0.25, 0.3) is 0 Å². The Labute approximate surface area is 90.0 Å². The van der Waals surface area contributed by atoms with Crippen LogP contribution >= 0.6 is 0 Å². The quantitative estimate of drug-likeness (QED) is 0.785. The van der Waals surface area contributed by atoms with E-state index in [1.807, 2.05) is 19.9 Å². The minimum absolute atomic E-state index is 0.236. The highest BCUT2D eigenvalue weighted by Gasteiger charge is 2.27. The molecule has 0 amide bonds. The first-order chi connectivity index (χ1) is 7.16. The Bertz CT molecular complexity index is 340. The van der Waals surface area contributed by atoms with E-state index in [0.717, 1.165) is 31.2 Å². The van der Waals surface area contributed by atoms with E-state index in [9.17, 15) is 5.11 Å². The van der Waals surface area contributed by atoms with Crippen LogP contribution in [0.15, 0.2) is 12.3 Å². The molecule has 0 radical (unpaired) electrons. The Hall–Kier alpha value is -1.16. The van der Waals surface area contributed by atoms with Gasteiger partial charge in [0.15, 0.2) is 0 Å². The predicted molar refractivity (Wildman–Crippen MR) is 58.8 cm³/mol. The van der Waals surface area contributed by atoms with Gasteiger partial charge in [-0.15, -0.1) is 0 Å². The van der Waals surface area contributed by atoms with Crippen LogP contribution < -0.4 is 4.90 Å². The molecule has 0 aromatic carbocycles. The lowest BCUT2D eigenvalue weighted by Gasteiger charge is -2.17. The van der Waals surface area contributed by atoms with Gasteiger partial charge in [-0.1, -0.05) is 0 Å². The van der Waals surface area contributed by atoms with Crippen molar-refractivity contribution in [3.63, 3.8) is 0 Å². The maximum Gasteiger partial charge on any atom is 0.225 e. The van der Waals surface area contributed by atoms with Crippen molar-refractivity contribution in [2.45, 2.75) is 26.4 Å². The second kappa shape index (κ2) is 4.14. The Morgan fingerprint density at radius 2 is 2.40 bits per heavy atom. The van der Waals surface area contributed by atoms with Crippen LogP contribution in [0.1, 0.15) is 19.0 Å². The molecule has 0 spiro atoms.